The lowest BCUT2D eigenvalue weighted by molar-refractivity contribution is 0.268. The summed E-state index contributed by atoms with van der Waals surface area (Å²) in [5.41, 5.74) is 3.82. The van der Waals surface area contributed by atoms with E-state index >= 15 is 0 Å². The maximum absolute atomic E-state index is 6.25. The molecular formula is C26H29ClN4O2. The minimum Gasteiger partial charge on any atom is -0.493 e. The SMILES string of the molecule is CC(C)COc1ccc(Cl)cc1Cc1ccc(-c2nc3cc(CN4CCCC4)cnc3[nH]2)o1. The molecule has 7 heteroatoms. The van der Waals surface area contributed by atoms with E-state index in [2.05, 4.69) is 34.8 Å². The first-order valence-corrected chi connectivity index (χ1v) is 12.0. The van der Waals surface area contributed by atoms with Gasteiger partial charge in [0.1, 0.15) is 17.0 Å². The zero-order valence-corrected chi connectivity index (χ0v) is 19.9. The normalized spacial score (nSPS) is 14.5. The quantitative estimate of drug-likeness (QED) is 0.341. The molecule has 4 aromatic rings. The summed E-state index contributed by atoms with van der Waals surface area (Å²) in [6.45, 7) is 8.17. The van der Waals surface area contributed by atoms with E-state index in [1.165, 1.54) is 18.4 Å². The number of imidazole rings is 1. The number of furan rings is 1. The third-order valence-electron chi connectivity index (χ3n) is 5.85. The Morgan fingerprint density at radius 3 is 2.82 bits per heavy atom. The summed E-state index contributed by atoms with van der Waals surface area (Å²) in [5.74, 6) is 3.48. The second-order valence-electron chi connectivity index (χ2n) is 9.18. The fraction of sp³-hybridized carbons (Fsp3) is 0.385. The summed E-state index contributed by atoms with van der Waals surface area (Å²) in [6.07, 6.45) is 5.09. The highest BCUT2D eigenvalue weighted by molar-refractivity contribution is 6.30. The molecule has 0 aliphatic carbocycles. The van der Waals surface area contributed by atoms with Crippen molar-refractivity contribution >= 4 is 22.8 Å². The van der Waals surface area contributed by atoms with E-state index in [0.29, 0.717) is 35.6 Å². The highest BCUT2D eigenvalue weighted by Gasteiger charge is 2.15. The number of hydrogen-bond donors (Lipinski definition) is 1. The molecule has 4 heterocycles. The van der Waals surface area contributed by atoms with Crippen molar-refractivity contribution in [1.82, 2.24) is 19.9 Å². The number of hydrogen-bond acceptors (Lipinski definition) is 5. The fourth-order valence-corrected chi connectivity index (χ4v) is 4.41. The first kappa shape index (κ1) is 22.0. The van der Waals surface area contributed by atoms with E-state index < -0.39 is 0 Å². The summed E-state index contributed by atoms with van der Waals surface area (Å²) < 4.78 is 12.1. The molecule has 0 radical (unpaired) electrons. The fourth-order valence-electron chi connectivity index (χ4n) is 4.21. The molecule has 0 bridgehead atoms. The Kier molecular flexibility index (Phi) is 6.38. The van der Waals surface area contributed by atoms with Crippen molar-refractivity contribution in [3.63, 3.8) is 0 Å². The molecule has 0 saturated carbocycles. The number of nitrogens with zero attached hydrogens (tertiary/aromatic N) is 3. The van der Waals surface area contributed by atoms with Crippen molar-refractivity contribution in [3.05, 3.63) is 64.5 Å². The van der Waals surface area contributed by atoms with Crippen LogP contribution in [0.5, 0.6) is 5.75 Å². The van der Waals surface area contributed by atoms with Gasteiger partial charge in [-0.15, -0.1) is 0 Å². The molecule has 6 nitrogen and oxygen atoms in total. The average Bonchev–Trinajstić information content (AvgIpc) is 3.53. The molecule has 33 heavy (non-hydrogen) atoms. The van der Waals surface area contributed by atoms with Crippen LogP contribution in [0.4, 0.5) is 0 Å². The van der Waals surface area contributed by atoms with Gasteiger partial charge in [-0.25, -0.2) is 9.97 Å². The molecule has 1 N–H and O–H groups in total. The molecule has 0 amide bonds. The first-order chi connectivity index (χ1) is 16.0. The standard InChI is InChI=1S/C26H29ClN4O2/c1-17(2)16-32-23-7-5-20(27)12-19(23)13-21-6-8-24(33-21)26-29-22-11-18(14-28-25(22)30-26)15-31-9-3-4-10-31/h5-8,11-12,14,17H,3-4,9-10,13,15-16H2,1-2H3,(H,28,29,30). The van der Waals surface area contributed by atoms with Crippen LogP contribution in [0.25, 0.3) is 22.7 Å². The van der Waals surface area contributed by atoms with E-state index in [9.17, 15) is 0 Å². The van der Waals surface area contributed by atoms with Gasteiger partial charge >= 0.3 is 0 Å². The molecule has 172 valence electrons. The van der Waals surface area contributed by atoms with Crippen molar-refractivity contribution < 1.29 is 9.15 Å². The van der Waals surface area contributed by atoms with E-state index in [0.717, 1.165) is 47.9 Å². The van der Waals surface area contributed by atoms with Crippen molar-refractivity contribution in [2.24, 2.45) is 5.92 Å². The summed E-state index contributed by atoms with van der Waals surface area (Å²) in [5, 5.41) is 0.682. The lowest BCUT2D eigenvalue weighted by atomic mass is 10.1. The molecular weight excluding hydrogens is 436 g/mol. The molecule has 1 aromatic carbocycles. The van der Waals surface area contributed by atoms with Gasteiger partial charge in [0, 0.05) is 29.7 Å². The largest absolute Gasteiger partial charge is 0.493 e. The maximum atomic E-state index is 6.25. The van der Waals surface area contributed by atoms with Crippen molar-refractivity contribution in [1.29, 1.82) is 0 Å². The van der Waals surface area contributed by atoms with E-state index in [1.54, 1.807) is 0 Å². The second-order valence-corrected chi connectivity index (χ2v) is 9.62. The Morgan fingerprint density at radius 2 is 2.00 bits per heavy atom. The highest BCUT2D eigenvalue weighted by Crippen LogP contribution is 2.29. The first-order valence-electron chi connectivity index (χ1n) is 11.6. The topological polar surface area (TPSA) is 67.2 Å². The van der Waals surface area contributed by atoms with Crippen LogP contribution in [-0.4, -0.2) is 39.5 Å². The number of H-pyrrole nitrogens is 1. The molecule has 1 aliphatic rings. The molecule has 1 aliphatic heterocycles. The molecule has 0 atom stereocenters. The Bertz CT molecular complexity index is 1240. The van der Waals surface area contributed by atoms with Gasteiger partial charge in [0.15, 0.2) is 17.2 Å². The van der Waals surface area contributed by atoms with Gasteiger partial charge in [-0.2, -0.15) is 0 Å². The predicted molar refractivity (Wildman–Crippen MR) is 131 cm³/mol. The minimum atomic E-state index is 0.446. The predicted octanol–water partition coefficient (Wildman–Crippen LogP) is 6.09. The van der Waals surface area contributed by atoms with Crippen LogP contribution in [0.2, 0.25) is 5.02 Å². The number of pyridine rings is 1. The van der Waals surface area contributed by atoms with Crippen molar-refractivity contribution in [2.75, 3.05) is 19.7 Å². The summed E-state index contributed by atoms with van der Waals surface area (Å²) in [7, 11) is 0. The van der Waals surface area contributed by atoms with Crippen LogP contribution in [0.1, 0.15) is 43.6 Å². The van der Waals surface area contributed by atoms with E-state index in [4.69, 9.17) is 25.7 Å². The number of likely N-dealkylation sites (tertiary alicyclic amines) is 1. The highest BCUT2D eigenvalue weighted by atomic mass is 35.5. The number of rotatable bonds is 8. The summed E-state index contributed by atoms with van der Waals surface area (Å²) >= 11 is 6.25. The molecule has 0 unspecified atom stereocenters. The maximum Gasteiger partial charge on any atom is 0.175 e. The molecule has 1 fully saturated rings. The van der Waals surface area contributed by atoms with Gasteiger partial charge in [0.25, 0.3) is 0 Å². The Hall–Kier alpha value is -2.83. The number of fused-ring (bicyclic) bond motifs is 1. The van der Waals surface area contributed by atoms with Gasteiger partial charge in [0.2, 0.25) is 0 Å². The molecule has 5 rings (SSSR count). The Morgan fingerprint density at radius 1 is 1.15 bits per heavy atom. The number of ether oxygens (including phenoxy) is 1. The van der Waals surface area contributed by atoms with E-state index in [1.807, 2.05) is 36.5 Å². The van der Waals surface area contributed by atoms with Gasteiger partial charge < -0.3 is 14.1 Å². The van der Waals surface area contributed by atoms with Gasteiger partial charge in [-0.3, -0.25) is 4.90 Å². The van der Waals surface area contributed by atoms with Crippen LogP contribution >= 0.6 is 11.6 Å². The minimum absolute atomic E-state index is 0.446. The number of aromatic nitrogens is 3. The van der Waals surface area contributed by atoms with Gasteiger partial charge in [0.05, 0.1) is 6.61 Å². The molecule has 0 spiro atoms. The lowest BCUT2D eigenvalue weighted by Crippen LogP contribution is -2.18. The van der Waals surface area contributed by atoms with Crippen LogP contribution in [-0.2, 0) is 13.0 Å². The second kappa shape index (κ2) is 9.57. The third-order valence-corrected chi connectivity index (χ3v) is 6.09. The molecule has 1 saturated heterocycles. The van der Waals surface area contributed by atoms with Crippen LogP contribution in [0.15, 0.2) is 47.0 Å². The van der Waals surface area contributed by atoms with Crippen molar-refractivity contribution in [3.8, 4) is 17.3 Å². The average molecular weight is 465 g/mol. The van der Waals surface area contributed by atoms with Crippen LogP contribution in [0.3, 0.4) is 0 Å². The summed E-state index contributed by atoms with van der Waals surface area (Å²) in [6, 6.07) is 11.8. The number of benzene rings is 1. The monoisotopic (exact) mass is 464 g/mol. The third kappa shape index (κ3) is 5.23. The Labute approximate surface area is 198 Å². The van der Waals surface area contributed by atoms with Crippen LogP contribution < -0.4 is 4.74 Å². The number of nitrogens with one attached hydrogen (secondary N) is 1. The zero-order chi connectivity index (χ0) is 22.8. The van der Waals surface area contributed by atoms with E-state index in [-0.39, 0.29) is 0 Å². The van der Waals surface area contributed by atoms with Gasteiger partial charge in [-0.1, -0.05) is 25.4 Å². The Balaban J connectivity index is 1.34. The number of aromatic amines is 1. The number of halogens is 1. The summed E-state index contributed by atoms with van der Waals surface area (Å²) in [4.78, 5) is 15.1. The lowest BCUT2D eigenvalue weighted by Gasteiger charge is -2.13. The molecule has 3 aromatic heterocycles. The van der Waals surface area contributed by atoms with Crippen LogP contribution in [0, 0.1) is 5.92 Å². The zero-order valence-electron chi connectivity index (χ0n) is 19.1. The van der Waals surface area contributed by atoms with Crippen molar-refractivity contribution in [2.45, 2.75) is 39.7 Å². The smallest absolute Gasteiger partial charge is 0.175 e. The van der Waals surface area contributed by atoms with Gasteiger partial charge in [-0.05, 0) is 73.8 Å².